The van der Waals surface area contributed by atoms with Crippen LogP contribution in [0.2, 0.25) is 15.1 Å². The van der Waals surface area contributed by atoms with Crippen molar-refractivity contribution in [1.82, 2.24) is 0 Å². The first-order valence-corrected chi connectivity index (χ1v) is 42.1. The van der Waals surface area contributed by atoms with Gasteiger partial charge in [-0.25, -0.2) is 8.78 Å². The Hall–Kier alpha value is -10.3. The molecule has 2 N–H and O–H groups in total. The number of phenols is 1. The van der Waals surface area contributed by atoms with Crippen LogP contribution in [0.3, 0.4) is 0 Å². The SMILES string of the molecule is CC(=O)C1=C(c2ccccc2)c2cc(Cl)ccc2OC1C(F)(F)F.CC(=O)C1=Cc2cc(C(=O)c3ccc(O)cc3)ccc2OC1C(F)(F)F.CC(=O)C1=Cc2cc(C(C)(C)C)ccc2SC1C(F)(F)F.CC(=O)C1=Cc2cc(Cl)cc(Cl)c2SC1C(F)(F)F.CC(=O)C1=Cc2cc(F)c(F)cc2NC1C(F)(F)F.CC(=O)C1=Cc2cc(SC(F)(F)F)ccc2SC1C(F)(F)F. The van der Waals surface area contributed by atoms with Gasteiger partial charge in [-0.05, 0) is 220 Å². The van der Waals surface area contributed by atoms with E-state index in [1.54, 1.807) is 36.4 Å². The van der Waals surface area contributed by atoms with Crippen molar-refractivity contribution in [2.75, 3.05) is 5.32 Å². The number of hydrogen-bond acceptors (Lipinski definition) is 15. The summed E-state index contributed by atoms with van der Waals surface area (Å²) in [6.07, 6.45) is -26.7. The van der Waals surface area contributed by atoms with Gasteiger partial charge in [-0.1, -0.05) is 98.0 Å². The fraction of sp³-hybridized carbons (Fsp3) is 0.256. The van der Waals surface area contributed by atoms with Crippen LogP contribution in [-0.2, 0) is 34.2 Å². The molecule has 0 spiro atoms. The summed E-state index contributed by atoms with van der Waals surface area (Å²) in [6, 6.07) is 33.3. The second kappa shape index (κ2) is 40.7. The summed E-state index contributed by atoms with van der Waals surface area (Å²) in [7, 11) is 0. The zero-order valence-corrected chi connectivity index (χ0v) is 73.9. The minimum atomic E-state index is -4.73. The summed E-state index contributed by atoms with van der Waals surface area (Å²) in [5.41, 5.74) is -2.98. The molecule has 6 unspecified atom stereocenters. The molecule has 0 saturated heterocycles. The van der Waals surface area contributed by atoms with Crippen LogP contribution in [0.25, 0.3) is 36.0 Å². The average molecular weight is 1990 g/mol. The number of carbonyl (C=O) groups is 7. The van der Waals surface area contributed by atoms with Crippen molar-refractivity contribution in [1.29, 1.82) is 0 Å². The smallest absolute Gasteiger partial charge is 0.446 e. The molecule has 6 aliphatic heterocycles. The van der Waals surface area contributed by atoms with Gasteiger partial charge in [0.1, 0.15) is 33.0 Å². The van der Waals surface area contributed by atoms with Crippen LogP contribution < -0.4 is 14.8 Å². The summed E-state index contributed by atoms with van der Waals surface area (Å²) in [5.74, 6) is -6.96. The highest BCUT2D eigenvalue weighted by molar-refractivity contribution is 8.01. The number of alkyl halides is 21. The molecule has 11 nitrogen and oxygen atoms in total. The Labute approximate surface area is 762 Å². The highest BCUT2D eigenvalue weighted by atomic mass is 35.5. The molecule has 0 bridgehead atoms. The summed E-state index contributed by atoms with van der Waals surface area (Å²) >= 11 is 19.0. The van der Waals surface area contributed by atoms with Crippen molar-refractivity contribution in [2.24, 2.45) is 0 Å². The van der Waals surface area contributed by atoms with Gasteiger partial charge in [0.15, 0.2) is 58.2 Å². The van der Waals surface area contributed by atoms with E-state index >= 15 is 0 Å². The fourth-order valence-corrected chi connectivity index (χ4v) is 18.0. The Morgan fingerprint density at radius 2 is 0.878 bits per heavy atom. The standard InChI is InChI=1S/C19H13F3O4.C18H12ClF3O2.C16H17F3OS.C13H8F6OS2.C12H7Cl2F3OS.C12H8F5NO/c1-10(23)15-9-13-8-12(17(25)11-2-5-14(24)6-3-11)4-7-16(13)26-18(15)19(20,21)22;1-10(23)15-16(11-5-3-2-4-6-11)13-9-12(19)7-8-14(13)24-17(15)18(20,21)22;1-9(20)12-8-10-7-11(15(2,3)4)5-6-13(10)21-14(12)16(17,18)19;1-6(20)9-5-7-4-8(22-13(17,18)19)2-3-10(7)21-11(9)12(14,15)16;1-5(18)8-3-6-2-7(13)4-9(14)10(6)19-11(8)12(15,16)17;1-5(19)7-2-6-3-8(13)9(14)4-10(6)18-11(7)12(15,16)17/h2-9,18,24H,1H3;2-9,17H,1H3;5-8,14H,1-4H3;2-5,11H,1H3;2-4,11H,1H3;2-4,11,18H,1H3. The van der Waals surface area contributed by atoms with Gasteiger partial charge in [0.25, 0.3) is 0 Å². The van der Waals surface area contributed by atoms with E-state index in [1.165, 1.54) is 97.9 Å². The zero-order chi connectivity index (χ0) is 98.0. The Morgan fingerprint density at radius 3 is 1.37 bits per heavy atom. The molecule has 6 heterocycles. The highest BCUT2D eigenvalue weighted by Crippen LogP contribution is 2.53. The maximum Gasteiger partial charge on any atom is 0.446 e. The molecule has 0 amide bonds. The minimum absolute atomic E-state index is 0.00426. The third-order valence-corrected chi connectivity index (χ3v) is 25.0. The van der Waals surface area contributed by atoms with Crippen LogP contribution >= 0.6 is 81.9 Å². The van der Waals surface area contributed by atoms with Crippen molar-refractivity contribution in [3.63, 3.8) is 0 Å². The fourth-order valence-electron chi connectivity index (χ4n) is 13.1. The molecule has 8 aromatic carbocycles. The Balaban J connectivity index is 0.000000178. The number of hydrogen-bond donors (Lipinski definition) is 2. The van der Waals surface area contributed by atoms with Crippen molar-refractivity contribution in [2.45, 2.75) is 164 Å². The average Bonchev–Trinajstić information content (AvgIpc) is 0.747. The lowest BCUT2D eigenvalue weighted by atomic mass is 9.86. The number of fused-ring (bicyclic) bond motifs is 6. The van der Waals surface area contributed by atoms with E-state index in [1.807, 2.05) is 38.2 Å². The Kier molecular flexibility index (Phi) is 32.4. The molecule has 6 aliphatic rings. The molecule has 696 valence electrons. The van der Waals surface area contributed by atoms with Crippen LogP contribution in [0.1, 0.15) is 123 Å². The number of ether oxygens (including phenoxy) is 2. The van der Waals surface area contributed by atoms with E-state index in [4.69, 9.17) is 44.3 Å². The van der Waals surface area contributed by atoms with Crippen LogP contribution in [-0.4, -0.2) is 122 Å². The van der Waals surface area contributed by atoms with Gasteiger partial charge in [-0.15, -0.1) is 35.3 Å². The van der Waals surface area contributed by atoms with Crippen LogP contribution in [0, 0.1) is 11.6 Å². The molecule has 14 rings (SSSR count). The molecule has 0 radical (unpaired) electrons. The number of halogens is 26. The first kappa shape index (κ1) is 104. The van der Waals surface area contributed by atoms with Gasteiger partial charge in [0, 0.05) is 103 Å². The molecule has 8 aromatic rings. The number of aromatic hydroxyl groups is 1. The van der Waals surface area contributed by atoms with Crippen LogP contribution in [0.15, 0.2) is 205 Å². The largest absolute Gasteiger partial charge is 0.508 e. The van der Waals surface area contributed by atoms with Crippen molar-refractivity contribution in [3.8, 4) is 17.2 Å². The molecule has 0 aliphatic carbocycles. The topological polar surface area (TPSA) is 170 Å². The molecule has 41 heteroatoms. The highest BCUT2D eigenvalue weighted by Gasteiger charge is 2.53. The van der Waals surface area contributed by atoms with Crippen LogP contribution in [0.4, 0.5) is 107 Å². The number of rotatable bonds is 10. The second-order valence-corrected chi connectivity index (χ2v) is 35.8. The van der Waals surface area contributed by atoms with E-state index in [0.717, 1.165) is 76.6 Å². The third kappa shape index (κ3) is 26.4. The molecular formula is C90H65Cl3F23NO10S4. The van der Waals surface area contributed by atoms with Gasteiger partial charge in [-0.2, -0.15) is 92.2 Å². The Morgan fingerprint density at radius 1 is 0.412 bits per heavy atom. The Bertz CT molecular complexity index is 6010. The maximum atomic E-state index is 13.5. The molecule has 0 saturated carbocycles. The lowest BCUT2D eigenvalue weighted by Gasteiger charge is -2.31. The van der Waals surface area contributed by atoms with Gasteiger partial charge < -0.3 is 19.9 Å². The van der Waals surface area contributed by atoms with Crippen molar-refractivity contribution in [3.05, 3.63) is 267 Å². The van der Waals surface area contributed by atoms with Crippen molar-refractivity contribution < 1.29 is 149 Å². The summed E-state index contributed by atoms with van der Waals surface area (Å²) in [5, 5.41) is 6.44. The molecule has 0 aromatic heterocycles. The first-order chi connectivity index (χ1) is 60.3. The lowest BCUT2D eigenvalue weighted by Crippen LogP contribution is -2.41. The number of nitrogens with one attached hydrogen (secondary N) is 1. The summed E-state index contributed by atoms with van der Waals surface area (Å²) in [4.78, 5) is 82.7. The van der Waals surface area contributed by atoms with E-state index in [-0.39, 0.29) is 99.7 Å². The van der Waals surface area contributed by atoms with E-state index in [9.17, 15) is 140 Å². The monoisotopic (exact) mass is 1990 g/mol. The van der Waals surface area contributed by atoms with Gasteiger partial charge >= 0.3 is 42.6 Å². The number of carbonyl (C=O) groups excluding carboxylic acids is 7. The third-order valence-electron chi connectivity index (χ3n) is 19.2. The number of Topliss-reactive ketones (excluding diaryl/α,β-unsaturated/α-hetero) is 6. The van der Waals surface area contributed by atoms with E-state index < -0.39 is 145 Å². The van der Waals surface area contributed by atoms with Crippen LogP contribution in [0.5, 0.6) is 17.2 Å². The van der Waals surface area contributed by atoms with E-state index in [0.29, 0.717) is 89.0 Å². The lowest BCUT2D eigenvalue weighted by molar-refractivity contribution is -0.185. The second-order valence-electron chi connectivity index (χ2n) is 30.0. The molecule has 6 atom stereocenters. The van der Waals surface area contributed by atoms with Gasteiger partial charge in [-0.3, -0.25) is 33.6 Å². The predicted molar refractivity (Wildman–Crippen MR) is 454 cm³/mol. The minimum Gasteiger partial charge on any atom is -0.508 e. The number of benzene rings is 8. The predicted octanol–water partition coefficient (Wildman–Crippen LogP) is 27.6. The van der Waals surface area contributed by atoms with Gasteiger partial charge in [0.05, 0.1) is 10.6 Å². The number of thioether (sulfide) groups is 4. The summed E-state index contributed by atoms with van der Waals surface area (Å²) in [6.45, 7) is 12.5. The quantitative estimate of drug-likeness (QED) is 0.0752. The zero-order valence-electron chi connectivity index (χ0n) is 68.4. The van der Waals surface area contributed by atoms with Crippen molar-refractivity contribution >= 4 is 164 Å². The van der Waals surface area contributed by atoms with Gasteiger partial charge in [0.2, 0.25) is 12.2 Å². The molecule has 0 fully saturated rings. The van der Waals surface area contributed by atoms with E-state index in [2.05, 4.69) is 0 Å². The first-order valence-electron chi connectivity index (χ1n) is 37.6. The molecule has 131 heavy (non-hydrogen) atoms. The number of phenolic OH excluding ortho intramolecular Hbond substituents is 1. The number of ketones is 7. The number of anilines is 1. The molecular weight excluding hydrogens is 1930 g/mol. The summed E-state index contributed by atoms with van der Waals surface area (Å²) < 4.78 is 308. The normalized spacial score (nSPS) is 18.0. The maximum absolute atomic E-state index is 13.5.